The quantitative estimate of drug-likeness (QED) is 0.834. The van der Waals surface area contributed by atoms with Crippen molar-refractivity contribution in [2.45, 2.75) is 19.9 Å². The predicted octanol–water partition coefficient (Wildman–Crippen LogP) is 3.47. The molecule has 0 saturated carbocycles. The van der Waals surface area contributed by atoms with Crippen LogP contribution in [0.2, 0.25) is 0 Å². The minimum atomic E-state index is -0.914. The van der Waals surface area contributed by atoms with E-state index in [1.165, 1.54) is 12.1 Å². The fourth-order valence-electron chi connectivity index (χ4n) is 1.65. The van der Waals surface area contributed by atoms with Crippen molar-refractivity contribution in [2.75, 3.05) is 0 Å². The van der Waals surface area contributed by atoms with Gasteiger partial charge in [0.25, 0.3) is 0 Å². The summed E-state index contributed by atoms with van der Waals surface area (Å²) < 4.78 is 28.9. The zero-order valence-corrected chi connectivity index (χ0v) is 10.2. The van der Waals surface area contributed by atoms with E-state index in [1.807, 2.05) is 13.8 Å². The lowest BCUT2D eigenvalue weighted by Gasteiger charge is -2.10. The lowest BCUT2D eigenvalue weighted by atomic mass is 10.2. The highest BCUT2D eigenvalue weighted by atomic mass is 32.1. The van der Waals surface area contributed by atoms with Crippen LogP contribution in [0.4, 0.5) is 8.78 Å². The summed E-state index contributed by atoms with van der Waals surface area (Å²) in [6.07, 6.45) is 0. The van der Waals surface area contributed by atoms with Crippen LogP contribution in [0, 0.1) is 16.4 Å². The summed E-state index contributed by atoms with van der Waals surface area (Å²) in [5, 5.41) is 6.54. The highest BCUT2D eigenvalue weighted by molar-refractivity contribution is 7.71. The zero-order chi connectivity index (χ0) is 12.6. The molecule has 6 heteroatoms. The molecule has 2 rings (SSSR count). The van der Waals surface area contributed by atoms with Gasteiger partial charge in [0.2, 0.25) is 0 Å². The van der Waals surface area contributed by atoms with Gasteiger partial charge in [-0.1, -0.05) is 6.07 Å². The Kier molecular flexibility index (Phi) is 3.06. The predicted molar refractivity (Wildman–Crippen MR) is 63.1 cm³/mol. The fourth-order valence-corrected chi connectivity index (χ4v) is 1.99. The van der Waals surface area contributed by atoms with Crippen LogP contribution in [-0.4, -0.2) is 14.8 Å². The summed E-state index contributed by atoms with van der Waals surface area (Å²) in [7, 11) is 0. The maximum Gasteiger partial charge on any atom is 0.195 e. The molecule has 0 spiro atoms. The largest absolute Gasteiger partial charge is 0.298 e. The topological polar surface area (TPSA) is 33.6 Å². The van der Waals surface area contributed by atoms with Crippen LogP contribution in [0.5, 0.6) is 0 Å². The normalized spacial score (nSPS) is 11.1. The van der Waals surface area contributed by atoms with E-state index in [0.29, 0.717) is 10.6 Å². The van der Waals surface area contributed by atoms with Crippen molar-refractivity contribution in [3.8, 4) is 11.4 Å². The summed E-state index contributed by atoms with van der Waals surface area (Å²) in [5.74, 6) is -1.50. The van der Waals surface area contributed by atoms with Crippen LogP contribution in [0.1, 0.15) is 19.9 Å². The van der Waals surface area contributed by atoms with Crippen molar-refractivity contribution in [3.05, 3.63) is 34.6 Å². The minimum Gasteiger partial charge on any atom is -0.298 e. The van der Waals surface area contributed by atoms with Gasteiger partial charge in [-0.25, -0.2) is 8.78 Å². The average molecular weight is 255 g/mol. The molecule has 1 aromatic carbocycles. The maximum absolute atomic E-state index is 13.7. The Balaban J connectivity index is 2.69. The molecule has 0 aliphatic carbocycles. The highest BCUT2D eigenvalue weighted by Crippen LogP contribution is 2.24. The van der Waals surface area contributed by atoms with Gasteiger partial charge in [-0.15, -0.1) is 0 Å². The van der Waals surface area contributed by atoms with Gasteiger partial charge in [-0.2, -0.15) is 5.10 Å². The molecule has 3 nitrogen and oxygen atoms in total. The van der Waals surface area contributed by atoms with Gasteiger partial charge >= 0.3 is 0 Å². The van der Waals surface area contributed by atoms with E-state index < -0.39 is 11.6 Å². The number of halogens is 2. The van der Waals surface area contributed by atoms with Gasteiger partial charge < -0.3 is 0 Å². The van der Waals surface area contributed by atoms with Crippen LogP contribution in [-0.2, 0) is 0 Å². The second-order valence-electron chi connectivity index (χ2n) is 3.92. The van der Waals surface area contributed by atoms with E-state index in [2.05, 4.69) is 10.2 Å². The standard InChI is InChI=1S/C11H11F2N3S/c1-6(2)16-10(14-15-11(16)17)7-4-3-5-8(12)9(7)13/h3-6H,1-2H3,(H,15,17). The number of H-pyrrole nitrogens is 1. The Morgan fingerprint density at radius 2 is 2.06 bits per heavy atom. The molecule has 0 amide bonds. The molecule has 90 valence electrons. The Labute approximate surface area is 102 Å². The molecular weight excluding hydrogens is 244 g/mol. The third-order valence-corrected chi connectivity index (χ3v) is 2.70. The first kappa shape index (κ1) is 11.9. The van der Waals surface area contributed by atoms with E-state index in [1.54, 1.807) is 4.57 Å². The summed E-state index contributed by atoms with van der Waals surface area (Å²) in [4.78, 5) is 0. The Morgan fingerprint density at radius 3 is 2.71 bits per heavy atom. The summed E-state index contributed by atoms with van der Waals surface area (Å²) >= 11 is 5.05. The maximum atomic E-state index is 13.7. The number of aromatic amines is 1. The molecule has 0 saturated heterocycles. The molecule has 0 aliphatic heterocycles. The molecule has 17 heavy (non-hydrogen) atoms. The van der Waals surface area contributed by atoms with E-state index in [9.17, 15) is 8.78 Å². The van der Waals surface area contributed by atoms with E-state index >= 15 is 0 Å². The van der Waals surface area contributed by atoms with Gasteiger partial charge in [-0.05, 0) is 38.2 Å². The van der Waals surface area contributed by atoms with E-state index in [4.69, 9.17) is 12.2 Å². The van der Waals surface area contributed by atoms with E-state index in [-0.39, 0.29) is 11.6 Å². The highest BCUT2D eigenvalue weighted by Gasteiger charge is 2.17. The first-order valence-electron chi connectivity index (χ1n) is 5.13. The van der Waals surface area contributed by atoms with Gasteiger partial charge in [0.05, 0.1) is 5.56 Å². The second-order valence-corrected chi connectivity index (χ2v) is 4.30. The molecule has 0 atom stereocenters. The van der Waals surface area contributed by atoms with Crippen LogP contribution in [0.15, 0.2) is 18.2 Å². The van der Waals surface area contributed by atoms with Crippen LogP contribution < -0.4 is 0 Å². The minimum absolute atomic E-state index is 0.0129. The number of rotatable bonds is 2. The number of nitrogens with zero attached hydrogens (tertiary/aromatic N) is 2. The fraction of sp³-hybridized carbons (Fsp3) is 0.273. The van der Waals surface area contributed by atoms with Crippen LogP contribution in [0.25, 0.3) is 11.4 Å². The molecule has 2 aromatic rings. The molecule has 0 radical (unpaired) electrons. The third-order valence-electron chi connectivity index (χ3n) is 2.41. The molecule has 0 aliphatic rings. The molecule has 0 unspecified atom stereocenters. The number of aromatic nitrogens is 3. The molecule has 0 bridgehead atoms. The number of benzene rings is 1. The van der Waals surface area contributed by atoms with Crippen molar-refractivity contribution in [2.24, 2.45) is 0 Å². The second kappa shape index (κ2) is 4.37. The van der Waals surface area contributed by atoms with Gasteiger partial charge in [-0.3, -0.25) is 9.67 Å². The number of nitrogens with one attached hydrogen (secondary N) is 1. The molecule has 1 aromatic heterocycles. The lowest BCUT2D eigenvalue weighted by molar-refractivity contribution is 0.508. The first-order chi connectivity index (χ1) is 8.02. The smallest absolute Gasteiger partial charge is 0.195 e. The first-order valence-corrected chi connectivity index (χ1v) is 5.54. The summed E-state index contributed by atoms with van der Waals surface area (Å²) in [6, 6.07) is 4.00. The molecule has 1 N–H and O–H groups in total. The van der Waals surface area contributed by atoms with Crippen molar-refractivity contribution >= 4 is 12.2 Å². The van der Waals surface area contributed by atoms with Crippen molar-refractivity contribution < 1.29 is 8.78 Å². The number of hydrogen-bond acceptors (Lipinski definition) is 2. The average Bonchev–Trinajstić information content (AvgIpc) is 2.64. The SMILES string of the molecule is CC(C)n1c(-c2cccc(F)c2F)n[nH]c1=S. The van der Waals surface area contributed by atoms with Crippen molar-refractivity contribution in [1.29, 1.82) is 0 Å². The monoisotopic (exact) mass is 255 g/mol. The van der Waals surface area contributed by atoms with Gasteiger partial charge in [0, 0.05) is 6.04 Å². The molecule has 0 fully saturated rings. The Morgan fingerprint density at radius 1 is 1.35 bits per heavy atom. The molecule has 1 heterocycles. The van der Waals surface area contributed by atoms with Gasteiger partial charge in [0.1, 0.15) is 0 Å². The van der Waals surface area contributed by atoms with Crippen molar-refractivity contribution in [3.63, 3.8) is 0 Å². The molecular formula is C11H11F2N3S. The Hall–Kier alpha value is -1.56. The zero-order valence-electron chi connectivity index (χ0n) is 9.37. The van der Waals surface area contributed by atoms with E-state index in [0.717, 1.165) is 6.07 Å². The Bertz CT molecular complexity index is 601. The summed E-state index contributed by atoms with van der Waals surface area (Å²) in [6.45, 7) is 3.79. The van der Waals surface area contributed by atoms with Crippen LogP contribution in [0.3, 0.4) is 0 Å². The number of hydrogen-bond donors (Lipinski definition) is 1. The van der Waals surface area contributed by atoms with Gasteiger partial charge in [0.15, 0.2) is 22.2 Å². The van der Waals surface area contributed by atoms with Crippen molar-refractivity contribution in [1.82, 2.24) is 14.8 Å². The van der Waals surface area contributed by atoms with Crippen LogP contribution >= 0.6 is 12.2 Å². The third kappa shape index (κ3) is 2.00. The summed E-state index contributed by atoms with van der Waals surface area (Å²) in [5.41, 5.74) is 0.103. The lowest BCUT2D eigenvalue weighted by Crippen LogP contribution is -2.04.